The van der Waals surface area contributed by atoms with Gasteiger partial charge < -0.3 is 15.1 Å². The normalized spacial score (nSPS) is 10.7. The van der Waals surface area contributed by atoms with E-state index in [1.807, 2.05) is 38.1 Å². The molecule has 0 aliphatic rings. The first-order chi connectivity index (χ1) is 13.8. The third-order valence-corrected chi connectivity index (χ3v) is 5.26. The van der Waals surface area contributed by atoms with Crippen LogP contribution >= 0.6 is 0 Å². The molecule has 0 saturated heterocycles. The van der Waals surface area contributed by atoms with Gasteiger partial charge in [-0.1, -0.05) is 63.2 Å². The van der Waals surface area contributed by atoms with Gasteiger partial charge in [-0.25, -0.2) is 9.78 Å². The molecule has 5 nitrogen and oxygen atoms in total. The Kier molecular flexibility index (Phi) is 7.74. The van der Waals surface area contributed by atoms with Crippen molar-refractivity contribution in [3.8, 4) is 17.0 Å². The second-order valence-electron chi connectivity index (χ2n) is 6.88. The van der Waals surface area contributed by atoms with Crippen LogP contribution in [0.5, 0.6) is 5.75 Å². The molecule has 0 aliphatic heterocycles. The Balaban J connectivity index is 0.000000370. The van der Waals surface area contributed by atoms with E-state index in [1.54, 1.807) is 18.2 Å². The molecule has 0 radical (unpaired) electrons. The second-order valence-corrected chi connectivity index (χ2v) is 6.88. The Morgan fingerprint density at radius 1 is 0.966 bits per heavy atom. The number of hydrogen-bond acceptors (Lipinski definition) is 4. The number of aromatic hydroxyl groups is 1. The summed E-state index contributed by atoms with van der Waals surface area (Å²) in [6.45, 7) is 14.0. The molecule has 0 saturated carbocycles. The SMILES string of the molecule is CCN(CC)CC.Cc1ccc2c(C(=O)O)c(O)c(-c3ccccc3)nc2c1C. The molecular formula is C24H30N2O3. The summed E-state index contributed by atoms with van der Waals surface area (Å²) in [7, 11) is 0. The number of aromatic carboxylic acids is 1. The lowest BCUT2D eigenvalue weighted by Gasteiger charge is -2.13. The summed E-state index contributed by atoms with van der Waals surface area (Å²) in [5, 5.41) is 20.4. The quantitative estimate of drug-likeness (QED) is 0.617. The lowest BCUT2D eigenvalue weighted by Crippen LogP contribution is -2.21. The van der Waals surface area contributed by atoms with Gasteiger partial charge in [-0.2, -0.15) is 0 Å². The van der Waals surface area contributed by atoms with Crippen LogP contribution < -0.4 is 0 Å². The number of rotatable bonds is 5. The Hall–Kier alpha value is -2.92. The van der Waals surface area contributed by atoms with Gasteiger partial charge in [-0.3, -0.25) is 0 Å². The number of carboxylic acid groups (broad SMARTS) is 1. The van der Waals surface area contributed by atoms with Gasteiger partial charge in [-0.15, -0.1) is 0 Å². The molecule has 0 amide bonds. The molecule has 2 N–H and O–H groups in total. The van der Waals surface area contributed by atoms with Crippen molar-refractivity contribution < 1.29 is 15.0 Å². The Morgan fingerprint density at radius 3 is 2.03 bits per heavy atom. The number of nitrogens with zero attached hydrogens (tertiary/aromatic N) is 2. The van der Waals surface area contributed by atoms with Crippen molar-refractivity contribution in [2.24, 2.45) is 0 Å². The standard InChI is InChI=1S/C18H15NO3.C6H15N/c1-10-8-9-13-14(18(21)22)17(20)16(19-15(13)11(10)2)12-6-4-3-5-7-12;1-4-7(5-2)6-3/h3-9,20H,1-2H3,(H,21,22);4-6H2,1-3H3. The smallest absolute Gasteiger partial charge is 0.340 e. The lowest BCUT2D eigenvalue weighted by molar-refractivity contribution is 0.0696. The van der Waals surface area contributed by atoms with Crippen LogP contribution in [-0.2, 0) is 0 Å². The van der Waals surface area contributed by atoms with Crippen molar-refractivity contribution in [3.05, 3.63) is 59.2 Å². The Bertz CT molecular complexity index is 975. The number of carboxylic acids is 1. The predicted molar refractivity (Wildman–Crippen MR) is 119 cm³/mol. The summed E-state index contributed by atoms with van der Waals surface area (Å²) in [6, 6.07) is 12.6. The molecule has 0 bridgehead atoms. The molecule has 0 aliphatic carbocycles. The molecule has 0 spiro atoms. The summed E-state index contributed by atoms with van der Waals surface area (Å²) in [5.41, 5.74) is 3.42. The number of benzene rings is 2. The molecule has 0 unspecified atom stereocenters. The van der Waals surface area contributed by atoms with Gasteiger partial charge in [0.1, 0.15) is 11.3 Å². The highest BCUT2D eigenvalue weighted by Gasteiger charge is 2.21. The summed E-state index contributed by atoms with van der Waals surface area (Å²) in [5.74, 6) is -1.46. The van der Waals surface area contributed by atoms with Crippen molar-refractivity contribution >= 4 is 16.9 Å². The summed E-state index contributed by atoms with van der Waals surface area (Å²) < 4.78 is 0. The topological polar surface area (TPSA) is 73.7 Å². The van der Waals surface area contributed by atoms with Gasteiger partial charge in [0.25, 0.3) is 0 Å². The minimum atomic E-state index is -1.16. The van der Waals surface area contributed by atoms with E-state index in [2.05, 4.69) is 30.7 Å². The second kappa shape index (κ2) is 10.0. The van der Waals surface area contributed by atoms with Crippen LogP contribution in [0.4, 0.5) is 0 Å². The van der Waals surface area contributed by atoms with Crippen LogP contribution in [-0.4, -0.2) is 45.7 Å². The molecule has 5 heteroatoms. The number of hydrogen-bond donors (Lipinski definition) is 2. The molecule has 0 fully saturated rings. The van der Waals surface area contributed by atoms with Gasteiger partial charge in [-0.05, 0) is 44.6 Å². The van der Waals surface area contributed by atoms with Gasteiger partial charge in [0, 0.05) is 10.9 Å². The minimum Gasteiger partial charge on any atom is -0.505 e. The van der Waals surface area contributed by atoms with Gasteiger partial charge in [0.2, 0.25) is 0 Å². The highest BCUT2D eigenvalue weighted by Crippen LogP contribution is 2.36. The van der Waals surface area contributed by atoms with Gasteiger partial charge in [0.05, 0.1) is 5.52 Å². The first-order valence-corrected chi connectivity index (χ1v) is 9.99. The number of pyridine rings is 1. The van der Waals surface area contributed by atoms with Gasteiger partial charge in [0.15, 0.2) is 5.75 Å². The fourth-order valence-corrected chi connectivity index (χ4v) is 3.24. The molecule has 1 heterocycles. The average Bonchev–Trinajstić information content (AvgIpc) is 2.72. The van der Waals surface area contributed by atoms with Crippen molar-refractivity contribution in [2.75, 3.05) is 19.6 Å². The molecule has 3 rings (SSSR count). The number of carbonyl (C=O) groups is 1. The third kappa shape index (κ3) is 4.93. The zero-order valence-corrected chi connectivity index (χ0v) is 17.9. The van der Waals surface area contributed by atoms with Crippen LogP contribution in [0.2, 0.25) is 0 Å². The highest BCUT2D eigenvalue weighted by atomic mass is 16.4. The maximum atomic E-state index is 11.6. The summed E-state index contributed by atoms with van der Waals surface area (Å²) >= 11 is 0. The summed E-state index contributed by atoms with van der Waals surface area (Å²) in [6.07, 6.45) is 0. The van der Waals surface area contributed by atoms with Crippen molar-refractivity contribution in [3.63, 3.8) is 0 Å². The van der Waals surface area contributed by atoms with E-state index in [1.165, 1.54) is 19.6 Å². The molecule has 29 heavy (non-hydrogen) atoms. The van der Waals surface area contributed by atoms with E-state index in [-0.39, 0.29) is 11.3 Å². The minimum absolute atomic E-state index is 0.105. The number of aryl methyl sites for hydroxylation is 2. The lowest BCUT2D eigenvalue weighted by atomic mass is 9.98. The molecule has 1 aromatic heterocycles. The fourth-order valence-electron chi connectivity index (χ4n) is 3.24. The maximum absolute atomic E-state index is 11.6. The van der Waals surface area contributed by atoms with Crippen LogP contribution in [0.1, 0.15) is 42.3 Å². The first kappa shape index (κ1) is 22.4. The maximum Gasteiger partial charge on any atom is 0.340 e. The monoisotopic (exact) mass is 394 g/mol. The number of fused-ring (bicyclic) bond motifs is 1. The zero-order chi connectivity index (χ0) is 21.6. The van der Waals surface area contributed by atoms with E-state index >= 15 is 0 Å². The Labute approximate surface area is 172 Å². The van der Waals surface area contributed by atoms with E-state index in [9.17, 15) is 15.0 Å². The van der Waals surface area contributed by atoms with Crippen molar-refractivity contribution in [1.82, 2.24) is 9.88 Å². The van der Waals surface area contributed by atoms with Crippen LogP contribution in [0.15, 0.2) is 42.5 Å². The van der Waals surface area contributed by atoms with E-state index in [4.69, 9.17) is 0 Å². The molecule has 0 atom stereocenters. The molecule has 154 valence electrons. The van der Waals surface area contributed by atoms with Crippen molar-refractivity contribution in [2.45, 2.75) is 34.6 Å². The molecule has 3 aromatic rings. The van der Waals surface area contributed by atoms with Crippen LogP contribution in [0, 0.1) is 13.8 Å². The highest BCUT2D eigenvalue weighted by molar-refractivity contribution is 6.08. The summed E-state index contributed by atoms with van der Waals surface area (Å²) in [4.78, 5) is 18.5. The molecule has 2 aromatic carbocycles. The first-order valence-electron chi connectivity index (χ1n) is 9.99. The van der Waals surface area contributed by atoms with Gasteiger partial charge >= 0.3 is 5.97 Å². The third-order valence-electron chi connectivity index (χ3n) is 5.26. The predicted octanol–water partition coefficient (Wildman–Crippen LogP) is 5.27. The average molecular weight is 395 g/mol. The Morgan fingerprint density at radius 2 is 1.55 bits per heavy atom. The molecular weight excluding hydrogens is 364 g/mol. The largest absolute Gasteiger partial charge is 0.505 e. The zero-order valence-electron chi connectivity index (χ0n) is 17.9. The van der Waals surface area contributed by atoms with Crippen LogP contribution in [0.25, 0.3) is 22.2 Å². The van der Waals surface area contributed by atoms with E-state index < -0.39 is 5.97 Å². The fraction of sp³-hybridized carbons (Fsp3) is 0.333. The van der Waals surface area contributed by atoms with E-state index in [0.29, 0.717) is 22.2 Å². The number of aromatic nitrogens is 1. The van der Waals surface area contributed by atoms with Crippen LogP contribution in [0.3, 0.4) is 0 Å². The van der Waals surface area contributed by atoms with Crippen molar-refractivity contribution in [1.29, 1.82) is 0 Å². The van der Waals surface area contributed by atoms with E-state index in [0.717, 1.165) is 11.1 Å².